The van der Waals surface area contributed by atoms with Crippen molar-refractivity contribution in [1.82, 2.24) is 14.9 Å². The molecule has 1 spiro atoms. The van der Waals surface area contributed by atoms with Gasteiger partial charge in [-0.1, -0.05) is 19.1 Å². The molecule has 1 unspecified atom stereocenters. The molecule has 1 aromatic carbocycles. The van der Waals surface area contributed by atoms with Gasteiger partial charge in [-0.15, -0.1) is 0 Å². The first-order valence-corrected chi connectivity index (χ1v) is 10.1. The topological polar surface area (TPSA) is 65.4 Å². The van der Waals surface area contributed by atoms with Crippen molar-refractivity contribution in [3.8, 4) is 0 Å². The van der Waals surface area contributed by atoms with Crippen molar-refractivity contribution in [3.05, 3.63) is 30.1 Å². The maximum Gasteiger partial charge on any atom is 0.222 e. The van der Waals surface area contributed by atoms with Crippen LogP contribution >= 0.6 is 0 Å². The van der Waals surface area contributed by atoms with Crippen molar-refractivity contribution >= 4 is 16.9 Å². The average molecular weight is 371 g/mol. The van der Waals surface area contributed by atoms with E-state index < -0.39 is 0 Å². The second-order valence-electron chi connectivity index (χ2n) is 7.67. The molecule has 3 heterocycles. The van der Waals surface area contributed by atoms with E-state index in [4.69, 9.17) is 9.47 Å². The van der Waals surface area contributed by atoms with E-state index in [-0.39, 0.29) is 17.6 Å². The fraction of sp³-hybridized carbons (Fsp3) is 0.619. The predicted octanol–water partition coefficient (Wildman–Crippen LogP) is 2.83. The second kappa shape index (κ2) is 7.98. The first kappa shape index (κ1) is 18.4. The van der Waals surface area contributed by atoms with Crippen molar-refractivity contribution in [2.75, 3.05) is 19.8 Å². The Hall–Kier alpha value is -1.92. The lowest BCUT2D eigenvalue weighted by Crippen LogP contribution is -2.51. The quantitative estimate of drug-likeness (QED) is 0.878. The van der Waals surface area contributed by atoms with Crippen LogP contribution in [-0.4, -0.2) is 46.9 Å². The Morgan fingerprint density at radius 2 is 2.11 bits per heavy atom. The highest BCUT2D eigenvalue weighted by molar-refractivity contribution is 5.78. The number of amides is 1. The largest absolute Gasteiger partial charge is 0.381 e. The van der Waals surface area contributed by atoms with Crippen LogP contribution in [0.1, 0.15) is 44.9 Å². The van der Waals surface area contributed by atoms with Gasteiger partial charge in [-0.05, 0) is 37.8 Å². The Morgan fingerprint density at radius 1 is 1.30 bits per heavy atom. The summed E-state index contributed by atoms with van der Waals surface area (Å²) in [7, 11) is 0. The fourth-order valence-electron chi connectivity index (χ4n) is 4.40. The number of carbonyl (C=O) groups excluding carboxylic acids is 1. The van der Waals surface area contributed by atoms with Crippen LogP contribution in [0.25, 0.3) is 11.0 Å². The summed E-state index contributed by atoms with van der Waals surface area (Å²) in [6.07, 6.45) is 4.99. The number of para-hydroxylation sites is 2. The minimum absolute atomic E-state index is 0.0929. The SMILES string of the molecule is CCc1nc2ccccc2n1CCC(=O)NC1CCOC2(CCOCC2)C1. The molecular weight excluding hydrogens is 342 g/mol. The number of aryl methyl sites for hydroxylation is 2. The molecule has 1 atom stereocenters. The standard InChI is InChI=1S/C21H29N3O3/c1-2-19-23-17-5-3-4-6-18(17)24(19)11-7-20(25)22-16-8-12-27-21(15-16)9-13-26-14-10-21/h3-6,16H,2,7-15H2,1H3,(H,22,25). The molecule has 6 nitrogen and oxygen atoms in total. The highest BCUT2D eigenvalue weighted by Crippen LogP contribution is 2.34. The molecule has 4 rings (SSSR count). The molecule has 6 heteroatoms. The smallest absolute Gasteiger partial charge is 0.222 e. The summed E-state index contributed by atoms with van der Waals surface area (Å²) in [6.45, 7) is 5.00. The summed E-state index contributed by atoms with van der Waals surface area (Å²) >= 11 is 0. The van der Waals surface area contributed by atoms with Crippen LogP contribution in [0, 0.1) is 0 Å². The Balaban J connectivity index is 1.36. The first-order chi connectivity index (χ1) is 13.2. The molecule has 146 valence electrons. The minimum Gasteiger partial charge on any atom is -0.381 e. The molecule has 2 aromatic rings. The van der Waals surface area contributed by atoms with Crippen LogP contribution in [-0.2, 0) is 27.2 Å². The van der Waals surface area contributed by atoms with Crippen LogP contribution < -0.4 is 5.32 Å². The molecule has 1 amide bonds. The lowest BCUT2D eigenvalue weighted by Gasteiger charge is -2.43. The van der Waals surface area contributed by atoms with Gasteiger partial charge in [-0.2, -0.15) is 0 Å². The zero-order valence-electron chi connectivity index (χ0n) is 16.1. The normalized spacial score (nSPS) is 22.2. The van der Waals surface area contributed by atoms with E-state index in [1.807, 2.05) is 18.2 Å². The van der Waals surface area contributed by atoms with Crippen LogP contribution in [0.5, 0.6) is 0 Å². The molecule has 27 heavy (non-hydrogen) atoms. The van der Waals surface area contributed by atoms with Crippen molar-refractivity contribution in [1.29, 1.82) is 0 Å². The van der Waals surface area contributed by atoms with Gasteiger partial charge < -0.3 is 19.4 Å². The maximum absolute atomic E-state index is 12.6. The molecule has 0 bridgehead atoms. The Bertz CT molecular complexity index is 790. The number of nitrogens with one attached hydrogen (secondary N) is 1. The second-order valence-corrected chi connectivity index (χ2v) is 7.67. The number of aromatic nitrogens is 2. The number of hydrogen-bond acceptors (Lipinski definition) is 4. The van der Waals surface area contributed by atoms with Crippen LogP contribution in [0.3, 0.4) is 0 Å². The van der Waals surface area contributed by atoms with Gasteiger partial charge in [0.2, 0.25) is 5.91 Å². The van der Waals surface area contributed by atoms with Gasteiger partial charge in [0, 0.05) is 45.2 Å². The van der Waals surface area contributed by atoms with Gasteiger partial charge >= 0.3 is 0 Å². The third-order valence-electron chi connectivity index (χ3n) is 5.87. The molecule has 2 aliphatic rings. The molecular formula is C21H29N3O3. The van der Waals surface area contributed by atoms with E-state index in [1.54, 1.807) is 0 Å². The molecule has 0 radical (unpaired) electrons. The maximum atomic E-state index is 12.6. The predicted molar refractivity (Wildman–Crippen MR) is 104 cm³/mol. The zero-order valence-corrected chi connectivity index (χ0v) is 16.1. The van der Waals surface area contributed by atoms with Gasteiger partial charge in [-0.3, -0.25) is 4.79 Å². The van der Waals surface area contributed by atoms with Gasteiger partial charge in [0.05, 0.1) is 16.6 Å². The average Bonchev–Trinajstić information content (AvgIpc) is 3.05. The highest BCUT2D eigenvalue weighted by Gasteiger charge is 2.39. The molecule has 2 aliphatic heterocycles. The number of benzene rings is 1. The number of rotatable bonds is 5. The fourth-order valence-corrected chi connectivity index (χ4v) is 4.40. The molecule has 1 N–H and O–H groups in total. The Labute approximate surface area is 160 Å². The van der Waals surface area contributed by atoms with E-state index in [1.165, 1.54) is 0 Å². The number of carbonyl (C=O) groups is 1. The molecule has 2 saturated heterocycles. The van der Waals surface area contributed by atoms with Crippen LogP contribution in [0.15, 0.2) is 24.3 Å². The van der Waals surface area contributed by atoms with E-state index in [0.29, 0.717) is 13.0 Å². The van der Waals surface area contributed by atoms with Crippen LogP contribution in [0.2, 0.25) is 0 Å². The lowest BCUT2D eigenvalue weighted by molar-refractivity contribution is -0.144. The van der Waals surface area contributed by atoms with Gasteiger partial charge in [0.1, 0.15) is 5.82 Å². The summed E-state index contributed by atoms with van der Waals surface area (Å²) in [4.78, 5) is 17.3. The van der Waals surface area contributed by atoms with E-state index >= 15 is 0 Å². The van der Waals surface area contributed by atoms with Crippen molar-refractivity contribution in [2.24, 2.45) is 0 Å². The lowest BCUT2D eigenvalue weighted by atomic mass is 9.84. The first-order valence-electron chi connectivity index (χ1n) is 10.1. The number of nitrogens with zero attached hydrogens (tertiary/aromatic N) is 2. The summed E-state index contributed by atoms with van der Waals surface area (Å²) < 4.78 is 13.7. The van der Waals surface area contributed by atoms with E-state index in [9.17, 15) is 4.79 Å². The van der Waals surface area contributed by atoms with Gasteiger partial charge in [0.25, 0.3) is 0 Å². The molecule has 1 aromatic heterocycles. The third kappa shape index (κ3) is 4.01. The molecule has 0 saturated carbocycles. The number of hydrogen-bond donors (Lipinski definition) is 1. The number of imidazole rings is 1. The minimum atomic E-state index is -0.0929. The highest BCUT2D eigenvalue weighted by atomic mass is 16.5. The van der Waals surface area contributed by atoms with Crippen molar-refractivity contribution < 1.29 is 14.3 Å². The summed E-state index contributed by atoms with van der Waals surface area (Å²) in [5.74, 6) is 1.15. The number of fused-ring (bicyclic) bond motifs is 1. The molecule has 2 fully saturated rings. The van der Waals surface area contributed by atoms with E-state index in [0.717, 1.165) is 68.8 Å². The Morgan fingerprint density at radius 3 is 2.93 bits per heavy atom. The summed E-state index contributed by atoms with van der Waals surface area (Å²) in [5.41, 5.74) is 2.01. The summed E-state index contributed by atoms with van der Waals surface area (Å²) in [6, 6.07) is 8.33. The summed E-state index contributed by atoms with van der Waals surface area (Å²) in [5, 5.41) is 3.24. The van der Waals surface area contributed by atoms with Crippen molar-refractivity contribution in [2.45, 2.75) is 63.6 Å². The zero-order chi connectivity index (χ0) is 18.7. The van der Waals surface area contributed by atoms with Crippen molar-refractivity contribution in [3.63, 3.8) is 0 Å². The van der Waals surface area contributed by atoms with Gasteiger partial charge in [0.15, 0.2) is 0 Å². The van der Waals surface area contributed by atoms with Gasteiger partial charge in [-0.25, -0.2) is 4.98 Å². The van der Waals surface area contributed by atoms with Crippen LogP contribution in [0.4, 0.5) is 0 Å². The monoisotopic (exact) mass is 371 g/mol. The third-order valence-corrected chi connectivity index (χ3v) is 5.87. The molecule has 0 aliphatic carbocycles. The van der Waals surface area contributed by atoms with E-state index in [2.05, 4.69) is 27.9 Å². The number of ether oxygens (including phenoxy) is 2. The Kier molecular flexibility index (Phi) is 5.45.